The largest absolute Gasteiger partial charge is 0.392 e. The summed E-state index contributed by atoms with van der Waals surface area (Å²) >= 11 is 1.76. The third-order valence-electron chi connectivity index (χ3n) is 6.08. The first-order chi connectivity index (χ1) is 20.3. The lowest BCUT2D eigenvalue weighted by Crippen LogP contribution is -2.20. The van der Waals surface area contributed by atoms with Gasteiger partial charge in [-0.3, -0.25) is 0 Å². The predicted octanol–water partition coefficient (Wildman–Crippen LogP) is 11.5. The lowest BCUT2D eigenvalue weighted by Gasteiger charge is -2.14. The van der Waals surface area contributed by atoms with Crippen molar-refractivity contribution in [2.45, 2.75) is 87.0 Å². The van der Waals surface area contributed by atoms with Crippen LogP contribution >= 0.6 is 11.8 Å². The van der Waals surface area contributed by atoms with Crippen molar-refractivity contribution < 1.29 is 0 Å². The first-order valence-electron chi connectivity index (χ1n) is 15.3. The molecule has 0 radical (unpaired) electrons. The molecule has 0 fully saturated rings. The summed E-state index contributed by atoms with van der Waals surface area (Å²) in [6.07, 6.45) is 38.5. The monoisotopic (exact) mass is 590 g/mol. The zero-order chi connectivity index (χ0) is 32.6. The maximum atomic E-state index is 4.00. The van der Waals surface area contributed by atoms with Crippen LogP contribution in [-0.2, 0) is 0 Å². The lowest BCUT2D eigenvalue weighted by molar-refractivity contribution is 0.327. The van der Waals surface area contributed by atoms with E-state index in [4.69, 9.17) is 0 Å². The zero-order valence-corrected chi connectivity index (χ0v) is 29.3. The Morgan fingerprint density at radius 1 is 0.833 bits per heavy atom. The molecule has 0 spiro atoms. The molecule has 0 saturated carbocycles. The molecule has 42 heavy (non-hydrogen) atoms. The van der Waals surface area contributed by atoms with Crippen molar-refractivity contribution >= 4 is 11.8 Å². The number of allylic oxidation sites excluding steroid dienone is 16. The Kier molecular flexibility index (Phi) is 33.8. The molecule has 0 amide bonds. The van der Waals surface area contributed by atoms with Crippen LogP contribution < -0.4 is 5.32 Å². The van der Waals surface area contributed by atoms with Crippen molar-refractivity contribution in [2.24, 2.45) is 0 Å². The minimum absolute atomic E-state index is 0.987. The Morgan fingerprint density at radius 2 is 1.52 bits per heavy atom. The molecule has 0 bridgehead atoms. The van der Waals surface area contributed by atoms with E-state index in [1.165, 1.54) is 60.4 Å². The third kappa shape index (κ3) is 23.7. The maximum absolute atomic E-state index is 4.00. The average Bonchev–Trinajstić information content (AvgIpc) is 3.01. The highest BCUT2D eigenvalue weighted by Crippen LogP contribution is 2.29. The number of nitrogens with zero attached hydrogens (tertiary/aromatic N) is 1. The van der Waals surface area contributed by atoms with E-state index in [0.717, 1.165) is 24.1 Å². The summed E-state index contributed by atoms with van der Waals surface area (Å²) in [6, 6.07) is 0. The molecule has 3 heteroatoms. The van der Waals surface area contributed by atoms with E-state index in [9.17, 15) is 0 Å². The fourth-order valence-electron chi connectivity index (χ4n) is 3.68. The van der Waals surface area contributed by atoms with Gasteiger partial charge in [-0.25, -0.2) is 0 Å². The van der Waals surface area contributed by atoms with Gasteiger partial charge in [-0.15, -0.1) is 12.8 Å². The Morgan fingerprint density at radius 3 is 2.00 bits per heavy atom. The third-order valence-corrected chi connectivity index (χ3v) is 7.14. The highest BCUT2D eigenvalue weighted by atomic mass is 32.2. The molecule has 1 N–H and O–H groups in total. The van der Waals surface area contributed by atoms with Gasteiger partial charge in [0, 0.05) is 17.6 Å². The molecule has 0 aliphatic heterocycles. The van der Waals surface area contributed by atoms with Crippen LogP contribution in [0.2, 0.25) is 0 Å². The van der Waals surface area contributed by atoms with Crippen LogP contribution in [0.5, 0.6) is 0 Å². The minimum Gasteiger partial charge on any atom is -0.392 e. The van der Waals surface area contributed by atoms with Gasteiger partial charge >= 0.3 is 0 Å². The van der Waals surface area contributed by atoms with Crippen molar-refractivity contribution in [3.63, 3.8) is 0 Å². The summed E-state index contributed by atoms with van der Waals surface area (Å²) in [5.74, 6) is 0. The zero-order valence-electron chi connectivity index (χ0n) is 28.5. The van der Waals surface area contributed by atoms with E-state index in [1.54, 1.807) is 11.8 Å². The molecule has 0 aromatic rings. The van der Waals surface area contributed by atoms with Crippen molar-refractivity contribution in [2.75, 3.05) is 27.2 Å². The van der Waals surface area contributed by atoms with Crippen LogP contribution in [0.3, 0.4) is 0 Å². The predicted molar refractivity (Wildman–Crippen MR) is 199 cm³/mol. The molecule has 0 saturated heterocycles. The van der Waals surface area contributed by atoms with Crippen molar-refractivity contribution in [3.05, 3.63) is 118 Å². The second-order valence-corrected chi connectivity index (χ2v) is 10.4. The molecule has 0 aliphatic rings. The number of hydrogen-bond donors (Lipinski definition) is 1. The first-order valence-corrected chi connectivity index (χ1v) is 16.2. The number of rotatable bonds is 19. The van der Waals surface area contributed by atoms with Crippen molar-refractivity contribution in [3.8, 4) is 12.8 Å². The van der Waals surface area contributed by atoms with E-state index >= 15 is 0 Å². The standard InChI is InChI=1S/C22H33NS.C15H27N.C2H2/c1-8-13-15-24-22(12-5)20(11-4)17-21(16-18(6)23-7)19(10-3)14-9-2;1-5-13-16(4)14-11-9-8-10-12-15(6-2)7-3;1-2/h10-17,23H,3,8-9H2,1-2,4-7H3;6-7,10,12H,2,5,8-9,11,13-14H2,1,3-4H3;1-2H/b15-13+,18-16+,19-14+,20-11+,21-17-,22-12-;12-10-,15-7-;. The van der Waals surface area contributed by atoms with E-state index < -0.39 is 0 Å². The molecule has 0 aliphatic carbocycles. The van der Waals surface area contributed by atoms with Crippen LogP contribution in [-0.4, -0.2) is 32.1 Å². The molecule has 2 nitrogen and oxygen atoms in total. The van der Waals surface area contributed by atoms with Gasteiger partial charge in [-0.1, -0.05) is 100 Å². The number of hydrogen-bond acceptors (Lipinski definition) is 3. The molecular weight excluding hydrogens is 529 g/mol. The van der Waals surface area contributed by atoms with Gasteiger partial charge in [0.05, 0.1) is 0 Å². The van der Waals surface area contributed by atoms with Gasteiger partial charge in [0.2, 0.25) is 0 Å². The van der Waals surface area contributed by atoms with Crippen molar-refractivity contribution in [1.29, 1.82) is 0 Å². The maximum Gasteiger partial charge on any atom is 0.0142 e. The Hall–Kier alpha value is -2.93. The Balaban J connectivity index is -0.000000733. The van der Waals surface area contributed by atoms with Gasteiger partial charge in [-0.05, 0) is 126 Å². The average molecular weight is 591 g/mol. The van der Waals surface area contributed by atoms with Crippen LogP contribution in [0.4, 0.5) is 0 Å². The molecule has 0 atom stereocenters. The fraction of sp³-hybridized carbons (Fsp3) is 0.436. The normalized spacial score (nSPS) is 13.5. The van der Waals surface area contributed by atoms with E-state index in [2.05, 4.69) is 145 Å². The molecular formula is C39H62N2S. The lowest BCUT2D eigenvalue weighted by atomic mass is 10.00. The minimum atomic E-state index is 0.987. The summed E-state index contributed by atoms with van der Waals surface area (Å²) < 4.78 is 0. The first kappa shape index (κ1) is 43.5. The van der Waals surface area contributed by atoms with E-state index in [0.29, 0.717) is 0 Å². The smallest absolute Gasteiger partial charge is 0.0142 e. The Bertz CT molecular complexity index is 977. The second kappa shape index (κ2) is 32.6. The second-order valence-electron chi connectivity index (χ2n) is 9.44. The molecule has 0 aromatic carbocycles. The molecule has 0 unspecified atom stereocenters. The van der Waals surface area contributed by atoms with E-state index in [-0.39, 0.29) is 0 Å². The Labute approximate surface area is 266 Å². The van der Waals surface area contributed by atoms with Crippen LogP contribution in [0.1, 0.15) is 87.0 Å². The molecule has 234 valence electrons. The van der Waals surface area contributed by atoms with Crippen LogP contribution in [0.25, 0.3) is 0 Å². The topological polar surface area (TPSA) is 15.3 Å². The van der Waals surface area contributed by atoms with Gasteiger partial charge in [0.1, 0.15) is 0 Å². The van der Waals surface area contributed by atoms with E-state index in [1.807, 2.05) is 26.1 Å². The van der Waals surface area contributed by atoms with Gasteiger partial charge in [0.15, 0.2) is 0 Å². The summed E-state index contributed by atoms with van der Waals surface area (Å²) in [4.78, 5) is 3.67. The summed E-state index contributed by atoms with van der Waals surface area (Å²) in [5.41, 5.74) is 5.90. The number of unbranched alkanes of at least 4 members (excludes halogenated alkanes) is 2. The summed E-state index contributed by atoms with van der Waals surface area (Å²) in [7, 11) is 4.15. The number of nitrogens with one attached hydrogen (secondary N) is 1. The number of terminal acetylenes is 1. The van der Waals surface area contributed by atoms with Gasteiger partial charge in [0.25, 0.3) is 0 Å². The van der Waals surface area contributed by atoms with Gasteiger partial charge < -0.3 is 10.2 Å². The van der Waals surface area contributed by atoms with Gasteiger partial charge in [-0.2, -0.15) is 0 Å². The molecule has 0 heterocycles. The summed E-state index contributed by atoms with van der Waals surface area (Å²) in [6.45, 7) is 25.0. The fourth-order valence-corrected chi connectivity index (χ4v) is 4.56. The van der Waals surface area contributed by atoms with Crippen molar-refractivity contribution in [1.82, 2.24) is 10.2 Å². The number of thioether (sulfide) groups is 1. The summed E-state index contributed by atoms with van der Waals surface area (Å²) in [5, 5.41) is 5.37. The SMILES string of the molecule is C#C.C=CC(/C=C\CCCCN(C)CCC)=C/C.C=CC(=C\CC)/C(=C\C(=C/C)C(=C\C)\S/C=C/CC)/C=C(\C)NC. The van der Waals surface area contributed by atoms with Crippen LogP contribution in [0.15, 0.2) is 118 Å². The molecule has 0 rings (SSSR count). The highest BCUT2D eigenvalue weighted by molar-refractivity contribution is 8.06. The molecule has 0 aromatic heterocycles. The highest BCUT2D eigenvalue weighted by Gasteiger charge is 2.05. The van der Waals surface area contributed by atoms with Crippen LogP contribution in [0, 0.1) is 12.8 Å². The quantitative estimate of drug-likeness (QED) is 0.0915.